The van der Waals surface area contributed by atoms with Crippen LogP contribution >= 0.6 is 11.8 Å². The molecule has 0 saturated heterocycles. The normalized spacial score (nSPS) is 17.4. The Kier molecular flexibility index (Phi) is 3.93. The molecule has 0 fully saturated rings. The maximum absolute atomic E-state index is 12.6. The Morgan fingerprint density at radius 2 is 2.25 bits per heavy atom. The molecule has 122 valence electrons. The summed E-state index contributed by atoms with van der Waals surface area (Å²) in [5.41, 5.74) is 3.81. The molecule has 1 aliphatic rings. The molecule has 2 aromatic heterocycles. The summed E-state index contributed by atoms with van der Waals surface area (Å²) < 4.78 is 1.84. The van der Waals surface area contributed by atoms with Gasteiger partial charge in [-0.1, -0.05) is 36.9 Å². The van der Waals surface area contributed by atoms with E-state index in [-0.39, 0.29) is 11.2 Å². The summed E-state index contributed by atoms with van der Waals surface area (Å²) in [7, 11) is 0. The van der Waals surface area contributed by atoms with Crippen LogP contribution < -0.4 is 5.32 Å². The first-order valence-electron chi connectivity index (χ1n) is 7.99. The molecule has 1 amide bonds. The first-order valence-corrected chi connectivity index (χ1v) is 8.87. The van der Waals surface area contributed by atoms with E-state index in [4.69, 9.17) is 0 Å². The Morgan fingerprint density at radius 1 is 1.38 bits per heavy atom. The van der Waals surface area contributed by atoms with Gasteiger partial charge in [0.1, 0.15) is 6.33 Å². The molecular formula is C17H17N5OS. The number of anilines is 1. The van der Waals surface area contributed by atoms with Crippen LogP contribution in [0.3, 0.4) is 0 Å². The number of para-hydroxylation sites is 1. The van der Waals surface area contributed by atoms with E-state index in [1.807, 2.05) is 28.7 Å². The minimum atomic E-state index is -0.192. The van der Waals surface area contributed by atoms with Gasteiger partial charge in [0.25, 0.3) is 0 Å². The Morgan fingerprint density at radius 3 is 3.12 bits per heavy atom. The topological polar surface area (TPSA) is 72.2 Å². The number of hydrogen-bond acceptors (Lipinski definition) is 5. The zero-order valence-electron chi connectivity index (χ0n) is 13.3. The van der Waals surface area contributed by atoms with Crippen molar-refractivity contribution in [3.05, 3.63) is 47.9 Å². The molecule has 3 heterocycles. The highest BCUT2D eigenvalue weighted by Gasteiger charge is 2.26. The molecular weight excluding hydrogens is 322 g/mol. The molecule has 1 aliphatic heterocycles. The SMILES string of the molecule is CCc1cc2nncn2c(S[C@H]2CCc3ccccc3NC2=O)n1. The lowest BCUT2D eigenvalue weighted by atomic mass is 10.1. The number of amides is 1. The molecule has 0 spiro atoms. The zero-order valence-corrected chi connectivity index (χ0v) is 14.1. The van der Waals surface area contributed by atoms with Crippen molar-refractivity contribution in [2.24, 2.45) is 0 Å². The Hall–Kier alpha value is -2.41. The highest BCUT2D eigenvalue weighted by atomic mass is 32.2. The monoisotopic (exact) mass is 339 g/mol. The van der Waals surface area contributed by atoms with Crippen LogP contribution in [0.4, 0.5) is 5.69 Å². The fourth-order valence-corrected chi connectivity index (χ4v) is 3.92. The lowest BCUT2D eigenvalue weighted by Crippen LogP contribution is -2.24. The third-order valence-corrected chi connectivity index (χ3v) is 5.40. The van der Waals surface area contributed by atoms with Gasteiger partial charge in [-0.2, -0.15) is 0 Å². The van der Waals surface area contributed by atoms with Gasteiger partial charge in [-0.3, -0.25) is 9.20 Å². The van der Waals surface area contributed by atoms with Crippen LogP contribution in [0.2, 0.25) is 0 Å². The first kappa shape index (κ1) is 15.1. The van der Waals surface area contributed by atoms with Gasteiger partial charge < -0.3 is 5.32 Å². The van der Waals surface area contributed by atoms with E-state index >= 15 is 0 Å². The largest absolute Gasteiger partial charge is 0.325 e. The molecule has 1 aromatic carbocycles. The lowest BCUT2D eigenvalue weighted by molar-refractivity contribution is -0.115. The smallest absolute Gasteiger partial charge is 0.237 e. The quantitative estimate of drug-likeness (QED) is 0.743. The van der Waals surface area contributed by atoms with Crippen LogP contribution in [-0.4, -0.2) is 30.7 Å². The Balaban J connectivity index is 1.64. The molecule has 24 heavy (non-hydrogen) atoms. The fourth-order valence-electron chi connectivity index (χ4n) is 2.84. The van der Waals surface area contributed by atoms with Crippen molar-refractivity contribution in [2.75, 3.05) is 5.32 Å². The fraction of sp³-hybridized carbons (Fsp3) is 0.294. The summed E-state index contributed by atoms with van der Waals surface area (Å²) in [5, 5.41) is 11.7. The second-order valence-electron chi connectivity index (χ2n) is 5.73. The molecule has 0 unspecified atom stereocenters. The van der Waals surface area contributed by atoms with E-state index in [2.05, 4.69) is 33.5 Å². The Bertz CT molecular complexity index is 907. The number of carbonyl (C=O) groups excluding carboxylic acids is 1. The van der Waals surface area contributed by atoms with Crippen LogP contribution in [-0.2, 0) is 17.6 Å². The average molecular weight is 339 g/mol. The van der Waals surface area contributed by atoms with E-state index in [9.17, 15) is 4.79 Å². The number of rotatable bonds is 3. The van der Waals surface area contributed by atoms with Crippen molar-refractivity contribution in [1.82, 2.24) is 19.6 Å². The third kappa shape index (κ3) is 2.75. The van der Waals surface area contributed by atoms with Gasteiger partial charge in [-0.25, -0.2) is 4.98 Å². The van der Waals surface area contributed by atoms with E-state index in [1.54, 1.807) is 6.33 Å². The van der Waals surface area contributed by atoms with Crippen molar-refractivity contribution in [1.29, 1.82) is 0 Å². The first-order chi connectivity index (χ1) is 11.7. The number of benzene rings is 1. The molecule has 0 aliphatic carbocycles. The van der Waals surface area contributed by atoms with E-state index in [0.29, 0.717) is 0 Å². The van der Waals surface area contributed by atoms with Crippen molar-refractivity contribution in [2.45, 2.75) is 36.6 Å². The molecule has 0 saturated carbocycles. The number of carbonyl (C=O) groups is 1. The number of fused-ring (bicyclic) bond motifs is 2. The van der Waals surface area contributed by atoms with Gasteiger partial charge in [0, 0.05) is 17.4 Å². The predicted octanol–water partition coefficient (Wildman–Crippen LogP) is 2.73. The summed E-state index contributed by atoms with van der Waals surface area (Å²) in [6.07, 6.45) is 4.10. The summed E-state index contributed by atoms with van der Waals surface area (Å²) in [5.74, 6) is 0.0230. The lowest BCUT2D eigenvalue weighted by Gasteiger charge is -2.13. The predicted molar refractivity (Wildman–Crippen MR) is 93.2 cm³/mol. The van der Waals surface area contributed by atoms with Gasteiger partial charge >= 0.3 is 0 Å². The molecule has 4 rings (SSSR count). The number of aromatic nitrogens is 4. The van der Waals surface area contributed by atoms with Gasteiger partial charge in [0.15, 0.2) is 10.8 Å². The highest BCUT2D eigenvalue weighted by Crippen LogP contribution is 2.31. The molecule has 1 N–H and O–H groups in total. The maximum atomic E-state index is 12.6. The van der Waals surface area contributed by atoms with Gasteiger partial charge in [0.05, 0.1) is 5.25 Å². The van der Waals surface area contributed by atoms with Crippen molar-refractivity contribution in [3.8, 4) is 0 Å². The van der Waals surface area contributed by atoms with Gasteiger partial charge in [-0.15, -0.1) is 10.2 Å². The van der Waals surface area contributed by atoms with Crippen LogP contribution in [0, 0.1) is 0 Å². The number of hydrogen-bond donors (Lipinski definition) is 1. The second kappa shape index (κ2) is 6.24. The third-order valence-electron chi connectivity index (χ3n) is 4.17. The number of nitrogens with one attached hydrogen (secondary N) is 1. The number of nitrogens with zero attached hydrogens (tertiary/aromatic N) is 4. The standard InChI is InChI=1S/C17H17N5OS/c1-2-12-9-15-21-18-10-22(15)17(19-12)24-14-8-7-11-5-3-4-6-13(11)20-16(14)23/h3-6,9-10,14H,2,7-8H2,1H3,(H,20,23)/t14-/m0/s1. The van der Waals surface area contributed by atoms with Crippen molar-refractivity contribution in [3.63, 3.8) is 0 Å². The molecule has 7 heteroatoms. The Labute approximate surface area is 143 Å². The maximum Gasteiger partial charge on any atom is 0.237 e. The van der Waals surface area contributed by atoms with Crippen molar-refractivity contribution < 1.29 is 4.79 Å². The minimum absolute atomic E-state index is 0.0230. The van der Waals surface area contributed by atoms with Crippen LogP contribution in [0.1, 0.15) is 24.6 Å². The molecule has 1 atom stereocenters. The van der Waals surface area contributed by atoms with Gasteiger partial charge in [-0.05, 0) is 30.9 Å². The average Bonchev–Trinajstić information content (AvgIpc) is 3.01. The highest BCUT2D eigenvalue weighted by molar-refractivity contribution is 8.00. The second-order valence-corrected chi connectivity index (χ2v) is 6.90. The summed E-state index contributed by atoms with van der Waals surface area (Å²) in [6, 6.07) is 9.90. The van der Waals surface area contributed by atoms with Crippen LogP contribution in [0.5, 0.6) is 0 Å². The summed E-state index contributed by atoms with van der Waals surface area (Å²) >= 11 is 1.48. The molecule has 0 radical (unpaired) electrons. The number of aryl methyl sites for hydroxylation is 2. The van der Waals surface area contributed by atoms with Crippen LogP contribution in [0.25, 0.3) is 5.65 Å². The molecule has 6 nitrogen and oxygen atoms in total. The zero-order chi connectivity index (χ0) is 16.5. The van der Waals surface area contributed by atoms with Crippen LogP contribution in [0.15, 0.2) is 41.8 Å². The summed E-state index contributed by atoms with van der Waals surface area (Å²) in [6.45, 7) is 2.05. The molecule has 0 bridgehead atoms. The summed E-state index contributed by atoms with van der Waals surface area (Å²) in [4.78, 5) is 17.3. The van der Waals surface area contributed by atoms with E-state index in [0.717, 1.165) is 41.4 Å². The minimum Gasteiger partial charge on any atom is -0.325 e. The van der Waals surface area contributed by atoms with Crippen molar-refractivity contribution >= 4 is 29.0 Å². The number of thioether (sulfide) groups is 1. The molecule has 3 aromatic rings. The van der Waals surface area contributed by atoms with Gasteiger partial charge in [0.2, 0.25) is 5.91 Å². The van der Waals surface area contributed by atoms with E-state index < -0.39 is 0 Å². The van der Waals surface area contributed by atoms with E-state index in [1.165, 1.54) is 17.3 Å².